The topological polar surface area (TPSA) is 64.3 Å². The number of para-hydroxylation sites is 1. The monoisotopic (exact) mass is 272 g/mol. The fraction of sp³-hybridized carbons (Fsp3) is 0.333. The summed E-state index contributed by atoms with van der Waals surface area (Å²) in [7, 11) is 0. The summed E-state index contributed by atoms with van der Waals surface area (Å²) in [5.74, 6) is -0.802. The predicted molar refractivity (Wildman–Crippen MR) is 72.8 cm³/mol. The van der Waals surface area contributed by atoms with Crippen molar-refractivity contribution < 1.29 is 14.6 Å². The third-order valence-corrected chi connectivity index (χ3v) is 3.74. The molecule has 5 nitrogen and oxygen atoms in total. The summed E-state index contributed by atoms with van der Waals surface area (Å²) in [6.45, 7) is 0.770. The molecule has 1 aromatic heterocycles. The van der Waals surface area contributed by atoms with Gasteiger partial charge in [0.25, 0.3) is 0 Å². The molecular weight excluding hydrogens is 256 g/mol. The second-order valence-corrected chi connectivity index (χ2v) is 5.15. The first-order chi connectivity index (χ1) is 9.70. The van der Waals surface area contributed by atoms with E-state index in [1.54, 1.807) is 4.68 Å². The van der Waals surface area contributed by atoms with Crippen LogP contribution in [0.5, 0.6) is 0 Å². The molecule has 1 N–H and O–H groups in total. The van der Waals surface area contributed by atoms with Crippen molar-refractivity contribution in [3.63, 3.8) is 0 Å². The van der Waals surface area contributed by atoms with Crippen LogP contribution in [0.4, 0.5) is 0 Å². The molecule has 1 saturated heterocycles. The zero-order valence-corrected chi connectivity index (χ0v) is 11.0. The molecule has 1 unspecified atom stereocenters. The Morgan fingerprint density at radius 2 is 2.15 bits per heavy atom. The molecular formula is C15H16N2O3. The summed E-state index contributed by atoms with van der Waals surface area (Å²) in [5.41, 5.74) is 0.920. The lowest BCUT2D eigenvalue weighted by molar-refractivity contribution is -0.148. The van der Waals surface area contributed by atoms with Gasteiger partial charge in [0.05, 0.1) is 23.4 Å². The minimum absolute atomic E-state index is 0.264. The molecule has 0 saturated carbocycles. The quantitative estimate of drug-likeness (QED) is 0.923. The molecule has 3 rings (SSSR count). The minimum atomic E-state index is -0.824. The average molecular weight is 272 g/mol. The number of aromatic nitrogens is 2. The zero-order valence-electron chi connectivity index (χ0n) is 11.0. The number of carboxylic acids is 1. The molecule has 1 atom stereocenters. The molecule has 2 aromatic rings. The predicted octanol–water partition coefficient (Wildman–Crippen LogP) is 1.91. The van der Waals surface area contributed by atoms with Gasteiger partial charge in [-0.25, -0.2) is 4.68 Å². The fourth-order valence-corrected chi connectivity index (χ4v) is 2.52. The Balaban J connectivity index is 1.82. The molecule has 0 bridgehead atoms. The Bertz CT molecular complexity index is 601. The summed E-state index contributed by atoms with van der Waals surface area (Å²) in [6, 6.07) is 11.6. The fourth-order valence-electron chi connectivity index (χ4n) is 2.52. The number of ether oxygens (including phenoxy) is 1. The van der Waals surface area contributed by atoms with Gasteiger partial charge in [-0.2, -0.15) is 5.10 Å². The first kappa shape index (κ1) is 12.9. The van der Waals surface area contributed by atoms with Gasteiger partial charge in [-0.3, -0.25) is 4.79 Å². The maximum absolute atomic E-state index is 11.5. The van der Waals surface area contributed by atoms with Crippen molar-refractivity contribution in [3.05, 3.63) is 48.3 Å². The van der Waals surface area contributed by atoms with Crippen LogP contribution in [0.1, 0.15) is 12.1 Å². The third kappa shape index (κ3) is 2.32. The summed E-state index contributed by atoms with van der Waals surface area (Å²) < 4.78 is 7.03. The second-order valence-electron chi connectivity index (χ2n) is 5.15. The van der Waals surface area contributed by atoms with E-state index in [1.807, 2.05) is 42.6 Å². The van der Waals surface area contributed by atoms with Crippen LogP contribution < -0.4 is 0 Å². The lowest BCUT2D eigenvalue weighted by Gasteiger charge is -2.20. The van der Waals surface area contributed by atoms with E-state index in [0.717, 1.165) is 11.4 Å². The Labute approximate surface area is 116 Å². The number of carboxylic acid groups (broad SMARTS) is 1. The lowest BCUT2D eigenvalue weighted by atomic mass is 9.83. The van der Waals surface area contributed by atoms with E-state index in [2.05, 4.69) is 5.10 Å². The average Bonchev–Trinajstić information content (AvgIpc) is 3.10. The molecule has 2 heterocycles. The second kappa shape index (κ2) is 5.09. The van der Waals surface area contributed by atoms with E-state index in [9.17, 15) is 9.90 Å². The molecule has 1 aliphatic heterocycles. The van der Waals surface area contributed by atoms with Gasteiger partial charge in [-0.1, -0.05) is 18.2 Å². The van der Waals surface area contributed by atoms with Gasteiger partial charge in [0.1, 0.15) is 0 Å². The highest BCUT2D eigenvalue weighted by Gasteiger charge is 2.43. The van der Waals surface area contributed by atoms with Crippen LogP contribution in [-0.2, 0) is 16.0 Å². The van der Waals surface area contributed by atoms with Gasteiger partial charge in [0.2, 0.25) is 0 Å². The molecule has 20 heavy (non-hydrogen) atoms. The number of aliphatic carboxylic acids is 1. The van der Waals surface area contributed by atoms with E-state index in [4.69, 9.17) is 4.74 Å². The summed E-state index contributed by atoms with van der Waals surface area (Å²) >= 11 is 0. The number of benzene rings is 1. The smallest absolute Gasteiger partial charge is 0.312 e. The molecule has 0 radical (unpaired) electrons. The lowest BCUT2D eigenvalue weighted by Crippen LogP contribution is -2.34. The highest BCUT2D eigenvalue weighted by molar-refractivity contribution is 5.75. The number of carbonyl (C=O) groups is 1. The van der Waals surface area contributed by atoms with Crippen molar-refractivity contribution in [2.24, 2.45) is 5.41 Å². The van der Waals surface area contributed by atoms with E-state index in [-0.39, 0.29) is 6.61 Å². The SMILES string of the molecule is O=C(O)C1(Cc2ccn(-c3ccccc3)n2)CCOC1. The van der Waals surface area contributed by atoms with Crippen LogP contribution in [0.2, 0.25) is 0 Å². The van der Waals surface area contributed by atoms with Crippen LogP contribution in [0.3, 0.4) is 0 Å². The standard InChI is InChI=1S/C15H16N2O3/c18-14(19)15(7-9-20-11-15)10-12-6-8-17(16-12)13-4-2-1-3-5-13/h1-6,8H,7,9-11H2,(H,18,19). The number of nitrogens with zero attached hydrogens (tertiary/aromatic N) is 2. The molecule has 0 amide bonds. The van der Waals surface area contributed by atoms with Gasteiger partial charge in [0.15, 0.2) is 0 Å². The van der Waals surface area contributed by atoms with E-state index >= 15 is 0 Å². The summed E-state index contributed by atoms with van der Waals surface area (Å²) in [5, 5.41) is 13.9. The van der Waals surface area contributed by atoms with E-state index < -0.39 is 11.4 Å². The Morgan fingerprint density at radius 3 is 2.80 bits per heavy atom. The minimum Gasteiger partial charge on any atom is -0.481 e. The maximum atomic E-state index is 11.5. The van der Waals surface area contributed by atoms with Gasteiger partial charge >= 0.3 is 5.97 Å². The largest absolute Gasteiger partial charge is 0.481 e. The highest BCUT2D eigenvalue weighted by Crippen LogP contribution is 2.32. The van der Waals surface area contributed by atoms with Gasteiger partial charge in [0, 0.05) is 19.2 Å². The first-order valence-electron chi connectivity index (χ1n) is 6.61. The molecule has 1 fully saturated rings. The van der Waals surface area contributed by atoms with Crippen LogP contribution in [-0.4, -0.2) is 34.1 Å². The number of rotatable bonds is 4. The van der Waals surface area contributed by atoms with Crippen molar-refractivity contribution >= 4 is 5.97 Å². The van der Waals surface area contributed by atoms with Crippen LogP contribution in [0.25, 0.3) is 5.69 Å². The Kier molecular flexibility index (Phi) is 3.28. The summed E-state index contributed by atoms with van der Waals surface area (Å²) in [6.07, 6.45) is 2.80. The van der Waals surface area contributed by atoms with Gasteiger partial charge in [-0.05, 0) is 24.6 Å². The van der Waals surface area contributed by atoms with Gasteiger partial charge in [-0.15, -0.1) is 0 Å². The number of hydrogen-bond donors (Lipinski definition) is 1. The van der Waals surface area contributed by atoms with E-state index in [1.165, 1.54) is 0 Å². The van der Waals surface area contributed by atoms with Crippen molar-refractivity contribution in [3.8, 4) is 5.69 Å². The zero-order chi connectivity index (χ0) is 14.0. The van der Waals surface area contributed by atoms with Gasteiger partial charge < -0.3 is 9.84 Å². The Hall–Kier alpha value is -2.14. The van der Waals surface area contributed by atoms with Crippen molar-refractivity contribution in [2.45, 2.75) is 12.8 Å². The summed E-state index contributed by atoms with van der Waals surface area (Å²) in [4.78, 5) is 11.5. The highest BCUT2D eigenvalue weighted by atomic mass is 16.5. The molecule has 0 aliphatic carbocycles. The third-order valence-electron chi connectivity index (χ3n) is 3.74. The molecule has 5 heteroatoms. The maximum Gasteiger partial charge on any atom is 0.312 e. The van der Waals surface area contributed by atoms with Crippen LogP contribution in [0, 0.1) is 5.41 Å². The van der Waals surface area contributed by atoms with E-state index in [0.29, 0.717) is 19.4 Å². The normalized spacial score (nSPS) is 22.0. The molecule has 1 aliphatic rings. The molecule has 0 spiro atoms. The molecule has 1 aromatic carbocycles. The Morgan fingerprint density at radius 1 is 1.35 bits per heavy atom. The number of hydrogen-bond acceptors (Lipinski definition) is 3. The molecule has 104 valence electrons. The van der Waals surface area contributed by atoms with Crippen molar-refractivity contribution in [1.82, 2.24) is 9.78 Å². The first-order valence-corrected chi connectivity index (χ1v) is 6.61. The van der Waals surface area contributed by atoms with Crippen LogP contribution >= 0.6 is 0 Å². The van der Waals surface area contributed by atoms with Crippen molar-refractivity contribution in [2.75, 3.05) is 13.2 Å². The van der Waals surface area contributed by atoms with Crippen LogP contribution in [0.15, 0.2) is 42.6 Å². The van der Waals surface area contributed by atoms with Crippen molar-refractivity contribution in [1.29, 1.82) is 0 Å².